The summed E-state index contributed by atoms with van der Waals surface area (Å²) in [6, 6.07) is 8.23. The van der Waals surface area contributed by atoms with Crippen LogP contribution < -0.4 is 11.1 Å². The standard InChI is InChI=1S/C17H21N3OS/c1-17(21,14-7-8-22-10-14)11-19-16(18)20-15-6-5-12-3-2-4-13(12)9-15/h5-10,21H,2-4,11H2,1H3,(H3,18,19,20). The number of fused-ring (bicyclic) bond motifs is 1. The quantitative estimate of drug-likeness (QED) is 0.600. The number of hydrogen-bond acceptors (Lipinski definition) is 3. The van der Waals surface area contributed by atoms with Gasteiger partial charge in [-0.15, -0.1) is 0 Å². The van der Waals surface area contributed by atoms with E-state index < -0.39 is 5.60 Å². The Morgan fingerprint density at radius 1 is 1.36 bits per heavy atom. The Labute approximate surface area is 134 Å². The van der Waals surface area contributed by atoms with Crippen LogP contribution in [-0.2, 0) is 18.4 Å². The van der Waals surface area contributed by atoms with E-state index in [1.807, 2.05) is 22.9 Å². The molecule has 0 saturated heterocycles. The molecule has 5 heteroatoms. The second-order valence-electron chi connectivity index (χ2n) is 5.95. The molecule has 0 fully saturated rings. The molecule has 1 aromatic heterocycles. The van der Waals surface area contributed by atoms with Crippen LogP contribution in [0.15, 0.2) is 40.0 Å². The highest BCUT2D eigenvalue weighted by atomic mass is 32.1. The third-order valence-corrected chi connectivity index (χ3v) is 4.75. The molecule has 0 saturated carbocycles. The number of nitrogens with zero attached hydrogens (tertiary/aromatic N) is 1. The molecule has 1 aliphatic rings. The Bertz CT molecular complexity index is 677. The van der Waals surface area contributed by atoms with Crippen LogP contribution in [0.4, 0.5) is 5.69 Å². The first kappa shape index (κ1) is 15.1. The molecule has 2 aromatic rings. The van der Waals surface area contributed by atoms with Gasteiger partial charge in [0, 0.05) is 5.69 Å². The smallest absolute Gasteiger partial charge is 0.193 e. The average Bonchev–Trinajstić information content (AvgIpc) is 3.16. The Hall–Kier alpha value is -1.85. The van der Waals surface area contributed by atoms with Gasteiger partial charge in [-0.3, -0.25) is 0 Å². The van der Waals surface area contributed by atoms with E-state index in [0.717, 1.165) is 17.7 Å². The van der Waals surface area contributed by atoms with Crippen molar-refractivity contribution < 1.29 is 5.11 Å². The number of nitrogens with one attached hydrogen (secondary N) is 1. The number of rotatable bonds is 4. The van der Waals surface area contributed by atoms with Crippen molar-refractivity contribution in [1.29, 1.82) is 0 Å². The zero-order valence-electron chi connectivity index (χ0n) is 12.7. The number of anilines is 1. The molecule has 1 aliphatic carbocycles. The lowest BCUT2D eigenvalue weighted by atomic mass is 10.00. The molecule has 1 unspecified atom stereocenters. The Morgan fingerprint density at radius 2 is 2.18 bits per heavy atom. The predicted molar refractivity (Wildman–Crippen MR) is 92.5 cm³/mol. The summed E-state index contributed by atoms with van der Waals surface area (Å²) < 4.78 is 0. The van der Waals surface area contributed by atoms with Gasteiger partial charge in [0.15, 0.2) is 5.96 Å². The molecule has 3 rings (SSSR count). The van der Waals surface area contributed by atoms with Gasteiger partial charge in [0.25, 0.3) is 0 Å². The number of nitrogens with two attached hydrogens (primary N) is 1. The number of aliphatic hydroxyl groups is 1. The molecule has 116 valence electrons. The number of thiophene rings is 1. The Balaban J connectivity index is 1.65. The second kappa shape index (κ2) is 6.10. The zero-order valence-corrected chi connectivity index (χ0v) is 13.5. The van der Waals surface area contributed by atoms with Crippen LogP contribution in [0.1, 0.15) is 30.0 Å². The van der Waals surface area contributed by atoms with E-state index in [2.05, 4.69) is 22.4 Å². The van der Waals surface area contributed by atoms with Crippen LogP contribution in [0.25, 0.3) is 0 Å². The Morgan fingerprint density at radius 3 is 2.95 bits per heavy atom. The third-order valence-electron chi connectivity index (χ3n) is 4.07. The van der Waals surface area contributed by atoms with E-state index in [9.17, 15) is 5.11 Å². The first-order valence-electron chi connectivity index (χ1n) is 7.48. The summed E-state index contributed by atoms with van der Waals surface area (Å²) >= 11 is 1.56. The molecule has 0 radical (unpaired) electrons. The van der Waals surface area contributed by atoms with Gasteiger partial charge in [-0.2, -0.15) is 11.3 Å². The molecule has 0 spiro atoms. The molecule has 4 N–H and O–H groups in total. The van der Waals surface area contributed by atoms with Crippen molar-refractivity contribution in [3.8, 4) is 0 Å². The molecule has 0 bridgehead atoms. The largest absolute Gasteiger partial charge is 0.383 e. The van der Waals surface area contributed by atoms with Crippen molar-refractivity contribution in [1.82, 2.24) is 0 Å². The molecular formula is C17H21N3OS. The van der Waals surface area contributed by atoms with Crippen molar-refractivity contribution in [3.63, 3.8) is 0 Å². The summed E-state index contributed by atoms with van der Waals surface area (Å²) in [5.41, 5.74) is 9.59. The van der Waals surface area contributed by atoms with Crippen LogP contribution in [0.2, 0.25) is 0 Å². The number of hydrogen-bond donors (Lipinski definition) is 3. The minimum atomic E-state index is -0.996. The maximum Gasteiger partial charge on any atom is 0.193 e. The molecule has 0 amide bonds. The summed E-state index contributed by atoms with van der Waals surface area (Å²) in [7, 11) is 0. The predicted octanol–water partition coefficient (Wildman–Crippen LogP) is 2.87. The van der Waals surface area contributed by atoms with E-state index >= 15 is 0 Å². The highest BCUT2D eigenvalue weighted by Gasteiger charge is 2.23. The van der Waals surface area contributed by atoms with Crippen molar-refractivity contribution in [2.24, 2.45) is 10.7 Å². The summed E-state index contributed by atoms with van der Waals surface area (Å²) in [4.78, 5) is 4.28. The number of aliphatic imine (C=N–C) groups is 1. The van der Waals surface area contributed by atoms with E-state index in [4.69, 9.17) is 5.73 Å². The first-order valence-corrected chi connectivity index (χ1v) is 8.43. The van der Waals surface area contributed by atoms with Crippen molar-refractivity contribution in [2.45, 2.75) is 31.8 Å². The molecular weight excluding hydrogens is 294 g/mol. The van der Waals surface area contributed by atoms with Crippen molar-refractivity contribution in [2.75, 3.05) is 11.9 Å². The Kier molecular flexibility index (Phi) is 4.18. The first-order chi connectivity index (χ1) is 10.5. The fourth-order valence-electron chi connectivity index (χ4n) is 2.74. The van der Waals surface area contributed by atoms with E-state index in [0.29, 0.717) is 5.96 Å². The highest BCUT2D eigenvalue weighted by molar-refractivity contribution is 7.08. The van der Waals surface area contributed by atoms with Crippen LogP contribution in [0.3, 0.4) is 0 Å². The SMILES string of the molecule is CC(O)(CN=C(N)Nc1ccc2c(c1)CCC2)c1ccsc1. The lowest BCUT2D eigenvalue weighted by molar-refractivity contribution is 0.0678. The topological polar surface area (TPSA) is 70.6 Å². The van der Waals surface area contributed by atoms with Crippen LogP contribution in [0.5, 0.6) is 0 Å². The summed E-state index contributed by atoms with van der Waals surface area (Å²) in [6.45, 7) is 1.98. The third kappa shape index (κ3) is 3.31. The molecule has 1 heterocycles. The minimum Gasteiger partial charge on any atom is -0.383 e. The number of aryl methyl sites for hydroxylation is 2. The average molecular weight is 315 g/mol. The van der Waals surface area contributed by atoms with E-state index in [-0.39, 0.29) is 6.54 Å². The molecule has 1 aromatic carbocycles. The summed E-state index contributed by atoms with van der Waals surface area (Å²) in [5.74, 6) is 0.327. The second-order valence-corrected chi connectivity index (χ2v) is 6.73. The van der Waals surface area contributed by atoms with Gasteiger partial charge in [0.2, 0.25) is 0 Å². The summed E-state index contributed by atoms with van der Waals surface area (Å²) in [6.07, 6.45) is 3.53. The molecule has 22 heavy (non-hydrogen) atoms. The van der Waals surface area contributed by atoms with E-state index in [1.165, 1.54) is 24.0 Å². The zero-order chi connectivity index (χ0) is 15.6. The van der Waals surface area contributed by atoms with Crippen molar-refractivity contribution in [3.05, 3.63) is 51.7 Å². The van der Waals surface area contributed by atoms with Gasteiger partial charge in [-0.05, 0) is 71.8 Å². The molecule has 0 aliphatic heterocycles. The van der Waals surface area contributed by atoms with Gasteiger partial charge >= 0.3 is 0 Å². The fraction of sp³-hybridized carbons (Fsp3) is 0.353. The lowest BCUT2D eigenvalue weighted by Gasteiger charge is -2.20. The van der Waals surface area contributed by atoms with Gasteiger partial charge in [0.1, 0.15) is 5.60 Å². The lowest BCUT2D eigenvalue weighted by Crippen LogP contribution is -2.29. The van der Waals surface area contributed by atoms with Crippen LogP contribution in [0, 0.1) is 0 Å². The van der Waals surface area contributed by atoms with Gasteiger partial charge in [-0.1, -0.05) is 6.07 Å². The summed E-state index contributed by atoms with van der Waals surface area (Å²) in [5, 5.41) is 17.4. The van der Waals surface area contributed by atoms with Crippen LogP contribution in [-0.4, -0.2) is 17.6 Å². The fourth-order valence-corrected chi connectivity index (χ4v) is 3.52. The normalized spacial score (nSPS) is 17.1. The van der Waals surface area contributed by atoms with Crippen molar-refractivity contribution >= 4 is 23.0 Å². The van der Waals surface area contributed by atoms with Crippen LogP contribution >= 0.6 is 11.3 Å². The maximum atomic E-state index is 10.4. The van der Waals surface area contributed by atoms with Gasteiger partial charge < -0.3 is 16.2 Å². The minimum absolute atomic E-state index is 0.230. The molecule has 1 atom stereocenters. The van der Waals surface area contributed by atoms with Gasteiger partial charge in [0.05, 0.1) is 6.54 Å². The number of guanidine groups is 1. The van der Waals surface area contributed by atoms with Gasteiger partial charge in [-0.25, -0.2) is 4.99 Å². The number of benzene rings is 1. The monoisotopic (exact) mass is 315 g/mol. The van der Waals surface area contributed by atoms with E-state index in [1.54, 1.807) is 18.3 Å². The molecule has 4 nitrogen and oxygen atoms in total. The highest BCUT2D eigenvalue weighted by Crippen LogP contribution is 2.25. The maximum absolute atomic E-state index is 10.4.